The Bertz CT molecular complexity index is 977. The summed E-state index contributed by atoms with van der Waals surface area (Å²) < 4.78 is 12.7. The Kier molecular flexibility index (Phi) is 3.86. The van der Waals surface area contributed by atoms with E-state index in [9.17, 15) is 9.59 Å². The van der Waals surface area contributed by atoms with Gasteiger partial charge in [0.25, 0.3) is 5.91 Å². The van der Waals surface area contributed by atoms with Crippen LogP contribution in [0.25, 0.3) is 5.65 Å². The fourth-order valence-electron chi connectivity index (χ4n) is 2.25. The van der Waals surface area contributed by atoms with Crippen LogP contribution in [0.5, 0.6) is 11.5 Å². The number of primary amides is 1. The molecule has 0 saturated heterocycles. The normalized spacial score (nSPS) is 10.8. The Balaban J connectivity index is 2.04. The quantitative estimate of drug-likeness (QED) is 0.665. The van der Waals surface area contributed by atoms with Crippen molar-refractivity contribution in [1.82, 2.24) is 24.4 Å². The number of hydrogen-bond acceptors (Lipinski definition) is 7. The van der Waals surface area contributed by atoms with Gasteiger partial charge in [-0.2, -0.15) is 4.68 Å². The van der Waals surface area contributed by atoms with Crippen molar-refractivity contribution in [2.75, 3.05) is 14.2 Å². The minimum absolute atomic E-state index is 0.0189. The Labute approximate surface area is 135 Å². The zero-order valence-electron chi connectivity index (χ0n) is 13.0. The number of fused-ring (bicyclic) bond motifs is 1. The molecule has 0 saturated carbocycles. The van der Waals surface area contributed by atoms with Crippen LogP contribution in [0.3, 0.4) is 0 Å². The SMILES string of the molecule is COc1ccc(Cn2nnc3c(C(N)=O)ncn3c2=O)c(OC)c1. The minimum Gasteiger partial charge on any atom is -0.497 e. The van der Waals surface area contributed by atoms with Crippen LogP contribution < -0.4 is 20.9 Å². The van der Waals surface area contributed by atoms with Crippen molar-refractivity contribution in [2.24, 2.45) is 5.73 Å². The molecule has 0 unspecified atom stereocenters. The maximum Gasteiger partial charge on any atom is 0.353 e. The first-order chi connectivity index (χ1) is 11.5. The molecular weight excluding hydrogens is 316 g/mol. The van der Waals surface area contributed by atoms with Crippen LogP contribution in [0, 0.1) is 0 Å². The lowest BCUT2D eigenvalue weighted by molar-refractivity contribution is 0.0997. The van der Waals surface area contributed by atoms with E-state index in [-0.39, 0.29) is 17.9 Å². The van der Waals surface area contributed by atoms with Crippen molar-refractivity contribution in [3.8, 4) is 11.5 Å². The van der Waals surface area contributed by atoms with Crippen LogP contribution in [0.4, 0.5) is 0 Å². The molecule has 124 valence electrons. The Morgan fingerprint density at radius 3 is 2.75 bits per heavy atom. The predicted octanol–water partition coefficient (Wildman–Crippen LogP) is -0.550. The molecule has 0 aliphatic rings. The van der Waals surface area contributed by atoms with Gasteiger partial charge in [-0.25, -0.2) is 14.2 Å². The summed E-state index contributed by atoms with van der Waals surface area (Å²) >= 11 is 0. The molecule has 24 heavy (non-hydrogen) atoms. The highest BCUT2D eigenvalue weighted by Gasteiger charge is 2.16. The molecule has 2 aromatic heterocycles. The third-order valence-electron chi connectivity index (χ3n) is 3.46. The van der Waals surface area contributed by atoms with Crippen LogP contribution in [-0.2, 0) is 6.54 Å². The molecule has 0 aliphatic heterocycles. The topological polar surface area (TPSA) is 127 Å². The molecule has 2 heterocycles. The number of ether oxygens (including phenoxy) is 2. The number of nitrogens with zero attached hydrogens (tertiary/aromatic N) is 5. The molecule has 3 rings (SSSR count). The molecular formula is C14H14N6O4. The lowest BCUT2D eigenvalue weighted by Gasteiger charge is -2.10. The van der Waals surface area contributed by atoms with Crippen molar-refractivity contribution >= 4 is 11.6 Å². The Morgan fingerprint density at radius 1 is 1.29 bits per heavy atom. The van der Waals surface area contributed by atoms with Gasteiger partial charge in [0.2, 0.25) is 0 Å². The van der Waals surface area contributed by atoms with Gasteiger partial charge in [-0.3, -0.25) is 4.79 Å². The molecule has 10 nitrogen and oxygen atoms in total. The van der Waals surface area contributed by atoms with Gasteiger partial charge in [-0.05, 0) is 12.1 Å². The third-order valence-corrected chi connectivity index (χ3v) is 3.46. The van der Waals surface area contributed by atoms with E-state index >= 15 is 0 Å². The van der Waals surface area contributed by atoms with E-state index in [2.05, 4.69) is 15.3 Å². The van der Waals surface area contributed by atoms with E-state index in [4.69, 9.17) is 15.2 Å². The smallest absolute Gasteiger partial charge is 0.353 e. The second kappa shape index (κ2) is 5.99. The van der Waals surface area contributed by atoms with Crippen LogP contribution >= 0.6 is 0 Å². The fraction of sp³-hybridized carbons (Fsp3) is 0.214. The van der Waals surface area contributed by atoms with Crippen molar-refractivity contribution in [2.45, 2.75) is 6.54 Å². The number of benzene rings is 1. The number of hydrogen-bond donors (Lipinski definition) is 1. The summed E-state index contributed by atoms with van der Waals surface area (Å²) in [6, 6.07) is 5.21. The molecule has 0 spiro atoms. The first-order valence-corrected chi connectivity index (χ1v) is 6.86. The minimum atomic E-state index is -0.777. The zero-order valence-corrected chi connectivity index (χ0v) is 13.0. The van der Waals surface area contributed by atoms with Crippen LogP contribution in [0.1, 0.15) is 16.1 Å². The van der Waals surface area contributed by atoms with E-state index in [1.54, 1.807) is 25.3 Å². The van der Waals surface area contributed by atoms with Gasteiger partial charge in [0.15, 0.2) is 11.3 Å². The molecule has 10 heteroatoms. The fourth-order valence-corrected chi connectivity index (χ4v) is 2.25. The predicted molar refractivity (Wildman–Crippen MR) is 82.2 cm³/mol. The number of carbonyl (C=O) groups is 1. The average Bonchev–Trinajstić information content (AvgIpc) is 3.02. The molecule has 0 atom stereocenters. The molecule has 1 aromatic carbocycles. The molecule has 0 bridgehead atoms. The number of carbonyl (C=O) groups excluding carboxylic acids is 1. The summed E-state index contributed by atoms with van der Waals surface area (Å²) in [6.45, 7) is 0.124. The van der Waals surface area contributed by atoms with E-state index in [1.165, 1.54) is 13.4 Å². The standard InChI is InChI=1S/C14H14N6O4/c1-23-9-4-3-8(10(5-9)24-2)6-20-14(22)19-7-16-11(12(15)21)13(19)17-18-20/h3-5,7H,6H2,1-2H3,(H2,15,21). The number of amides is 1. The Hall–Kier alpha value is -3.43. The largest absolute Gasteiger partial charge is 0.497 e. The van der Waals surface area contributed by atoms with Gasteiger partial charge in [0.1, 0.15) is 17.8 Å². The van der Waals surface area contributed by atoms with Crippen molar-refractivity contribution in [1.29, 1.82) is 0 Å². The van der Waals surface area contributed by atoms with Gasteiger partial charge in [0, 0.05) is 11.6 Å². The summed E-state index contributed by atoms with van der Waals surface area (Å²) in [5.74, 6) is 0.401. The van der Waals surface area contributed by atoms with Crippen LogP contribution in [0.2, 0.25) is 0 Å². The second-order valence-corrected chi connectivity index (χ2v) is 4.86. The highest BCUT2D eigenvalue weighted by atomic mass is 16.5. The van der Waals surface area contributed by atoms with Crippen molar-refractivity contribution in [3.05, 3.63) is 46.3 Å². The van der Waals surface area contributed by atoms with Crippen molar-refractivity contribution < 1.29 is 14.3 Å². The second-order valence-electron chi connectivity index (χ2n) is 4.86. The van der Waals surface area contributed by atoms with E-state index < -0.39 is 11.6 Å². The van der Waals surface area contributed by atoms with E-state index in [0.29, 0.717) is 17.1 Å². The zero-order chi connectivity index (χ0) is 17.3. The van der Waals surface area contributed by atoms with Crippen molar-refractivity contribution in [3.63, 3.8) is 0 Å². The van der Waals surface area contributed by atoms with Crippen LogP contribution in [-0.4, -0.2) is 44.5 Å². The number of imidazole rings is 1. The summed E-state index contributed by atoms with van der Waals surface area (Å²) in [4.78, 5) is 27.5. The lowest BCUT2D eigenvalue weighted by Crippen LogP contribution is -2.30. The van der Waals surface area contributed by atoms with Gasteiger partial charge in [-0.15, -0.1) is 5.10 Å². The highest BCUT2D eigenvalue weighted by Crippen LogP contribution is 2.24. The Morgan fingerprint density at radius 2 is 2.08 bits per heavy atom. The summed E-state index contributed by atoms with van der Waals surface area (Å²) in [6.07, 6.45) is 1.19. The first kappa shape index (κ1) is 15.5. The number of nitrogens with two attached hydrogens (primary N) is 1. The molecule has 3 aromatic rings. The maximum absolute atomic E-state index is 12.5. The molecule has 0 radical (unpaired) electrons. The summed E-state index contributed by atoms with van der Waals surface area (Å²) in [5, 5.41) is 7.69. The maximum atomic E-state index is 12.5. The number of methoxy groups -OCH3 is 2. The molecule has 0 fully saturated rings. The summed E-state index contributed by atoms with van der Waals surface area (Å²) in [5.41, 5.74) is 5.31. The van der Waals surface area contributed by atoms with Gasteiger partial charge in [0.05, 0.1) is 20.8 Å². The van der Waals surface area contributed by atoms with E-state index in [1.807, 2.05) is 0 Å². The monoisotopic (exact) mass is 330 g/mol. The molecule has 1 amide bonds. The first-order valence-electron chi connectivity index (χ1n) is 6.86. The van der Waals surface area contributed by atoms with E-state index in [0.717, 1.165) is 9.08 Å². The number of rotatable bonds is 5. The molecule has 2 N–H and O–H groups in total. The third kappa shape index (κ3) is 2.53. The van der Waals surface area contributed by atoms with Gasteiger partial charge in [-0.1, -0.05) is 5.21 Å². The number of aromatic nitrogens is 5. The van der Waals surface area contributed by atoms with Crippen LogP contribution in [0.15, 0.2) is 29.3 Å². The van der Waals surface area contributed by atoms with Gasteiger partial charge < -0.3 is 15.2 Å². The highest BCUT2D eigenvalue weighted by molar-refractivity contribution is 5.96. The summed E-state index contributed by atoms with van der Waals surface area (Å²) in [7, 11) is 3.07. The molecule has 0 aliphatic carbocycles. The average molecular weight is 330 g/mol. The van der Waals surface area contributed by atoms with Gasteiger partial charge >= 0.3 is 5.69 Å². The lowest BCUT2D eigenvalue weighted by atomic mass is 10.2.